The highest BCUT2D eigenvalue weighted by atomic mass is 35.6. The van der Waals surface area contributed by atoms with Crippen LogP contribution in [0, 0.1) is 0 Å². The zero-order valence-corrected chi connectivity index (χ0v) is 22.2. The maximum absolute atomic E-state index is 6.11. The number of aromatic nitrogens is 3. The summed E-state index contributed by atoms with van der Waals surface area (Å²) < 4.78 is -3.22. The van der Waals surface area contributed by atoms with Crippen LogP contribution in [0.1, 0.15) is 65.0 Å². The topological polar surface area (TPSA) is 62.7 Å². The predicted octanol–water partition coefficient (Wildman–Crippen LogP) is 6.89. The fraction of sp³-hybridized carbons (Fsp3) is 0.650. The highest BCUT2D eigenvalue weighted by molar-refractivity contribution is 6.69. The number of hydrogen-bond donors (Lipinski definition) is 2. The first-order chi connectivity index (χ1) is 14.0. The Balaban J connectivity index is 1.94. The monoisotopic (exact) mass is 545 g/mol. The Kier molecular flexibility index (Phi) is 7.42. The van der Waals surface area contributed by atoms with Crippen LogP contribution in [0.25, 0.3) is 5.57 Å². The van der Waals surface area contributed by atoms with E-state index in [0.717, 1.165) is 18.4 Å². The first-order valence-electron chi connectivity index (χ1n) is 9.91. The fourth-order valence-corrected chi connectivity index (χ4v) is 5.10. The van der Waals surface area contributed by atoms with E-state index in [1.54, 1.807) is 6.08 Å². The molecule has 2 aliphatic rings. The van der Waals surface area contributed by atoms with Crippen LogP contribution >= 0.6 is 69.6 Å². The summed E-state index contributed by atoms with van der Waals surface area (Å²) in [5.41, 5.74) is 1.47. The molecule has 0 saturated carbocycles. The average molecular weight is 548 g/mol. The lowest BCUT2D eigenvalue weighted by Gasteiger charge is -2.46. The van der Waals surface area contributed by atoms with E-state index in [4.69, 9.17) is 69.6 Å². The van der Waals surface area contributed by atoms with Gasteiger partial charge in [0.25, 0.3) is 0 Å². The zero-order chi connectivity index (χ0) is 23.2. The van der Waals surface area contributed by atoms with Crippen molar-refractivity contribution in [3.8, 4) is 0 Å². The summed E-state index contributed by atoms with van der Waals surface area (Å²) in [4.78, 5) is 13.4. The van der Waals surface area contributed by atoms with Gasteiger partial charge in [0.05, 0.1) is 0 Å². The van der Waals surface area contributed by atoms with Gasteiger partial charge in [-0.2, -0.15) is 9.97 Å². The van der Waals surface area contributed by atoms with Gasteiger partial charge in [0.2, 0.25) is 13.5 Å². The Hall–Kier alpha value is -0.0100. The number of rotatable bonds is 3. The second kappa shape index (κ2) is 8.98. The lowest BCUT2D eigenvalue weighted by molar-refractivity contribution is 0.170. The van der Waals surface area contributed by atoms with Crippen molar-refractivity contribution >= 4 is 81.1 Å². The summed E-state index contributed by atoms with van der Waals surface area (Å²) in [6.07, 6.45) is 6.54. The molecule has 0 spiro atoms. The molecule has 0 atom stereocenters. The first-order valence-corrected chi connectivity index (χ1v) is 12.2. The molecule has 2 N–H and O–H groups in total. The van der Waals surface area contributed by atoms with Crippen LogP contribution in [0.2, 0.25) is 0 Å². The van der Waals surface area contributed by atoms with Crippen LogP contribution in [-0.4, -0.2) is 35.9 Å². The molecule has 1 aliphatic carbocycles. The standard InChI is InChI=1S/C20H25Cl6N5/c1-17(2)9-13(10-18(3,4)31-17)27-16-29-14(28-15(30-16)20(24,25)26)11-5-7-12(8-6-11)19(21,22)23/h5,7,13,31H,6,8-10H2,1-4H3,(H,27,28,29,30). The van der Waals surface area contributed by atoms with Gasteiger partial charge in [-0.05, 0) is 64.5 Å². The van der Waals surface area contributed by atoms with Crippen LogP contribution in [0.15, 0.2) is 17.7 Å². The minimum absolute atomic E-state index is 0.0441. The predicted molar refractivity (Wildman–Crippen MR) is 133 cm³/mol. The number of nitrogens with one attached hydrogen (secondary N) is 2. The van der Waals surface area contributed by atoms with Crippen molar-refractivity contribution in [2.24, 2.45) is 0 Å². The molecule has 172 valence electrons. The van der Waals surface area contributed by atoms with E-state index >= 15 is 0 Å². The molecule has 5 nitrogen and oxygen atoms in total. The quantitative estimate of drug-likeness (QED) is 0.403. The van der Waals surface area contributed by atoms with E-state index in [2.05, 4.69) is 53.3 Å². The molecule has 1 saturated heterocycles. The van der Waals surface area contributed by atoms with Crippen molar-refractivity contribution < 1.29 is 0 Å². The number of piperidine rings is 1. The number of nitrogens with zero attached hydrogens (tertiary/aromatic N) is 3. The Labute approximate surface area is 213 Å². The van der Waals surface area contributed by atoms with Crippen LogP contribution in [0.3, 0.4) is 0 Å². The first kappa shape index (κ1) is 25.6. The van der Waals surface area contributed by atoms with Crippen molar-refractivity contribution in [3.63, 3.8) is 0 Å². The summed E-state index contributed by atoms with van der Waals surface area (Å²) >= 11 is 36.3. The Morgan fingerprint density at radius 2 is 1.48 bits per heavy atom. The van der Waals surface area contributed by atoms with Gasteiger partial charge in [-0.3, -0.25) is 0 Å². The maximum Gasteiger partial charge on any atom is 0.250 e. The van der Waals surface area contributed by atoms with E-state index in [9.17, 15) is 0 Å². The van der Waals surface area contributed by atoms with Gasteiger partial charge in [0.1, 0.15) is 0 Å². The Morgan fingerprint density at radius 1 is 0.871 bits per heavy atom. The van der Waals surface area contributed by atoms with Crippen LogP contribution < -0.4 is 10.6 Å². The second-order valence-corrected chi connectivity index (χ2v) is 13.9. The minimum Gasteiger partial charge on any atom is -0.351 e. The molecule has 0 amide bonds. The van der Waals surface area contributed by atoms with Crippen molar-refractivity contribution in [2.45, 2.75) is 78.1 Å². The van der Waals surface area contributed by atoms with Crippen LogP contribution in [-0.2, 0) is 3.79 Å². The van der Waals surface area contributed by atoms with E-state index in [1.807, 2.05) is 6.08 Å². The van der Waals surface area contributed by atoms with E-state index in [-0.39, 0.29) is 22.9 Å². The largest absolute Gasteiger partial charge is 0.351 e. The molecule has 1 aromatic heterocycles. The molecule has 0 unspecified atom stereocenters. The summed E-state index contributed by atoms with van der Waals surface area (Å²) in [6.45, 7) is 8.70. The molecular weight excluding hydrogens is 523 g/mol. The minimum atomic E-state index is -1.78. The average Bonchev–Trinajstić information content (AvgIpc) is 2.57. The van der Waals surface area contributed by atoms with E-state index in [1.165, 1.54) is 0 Å². The highest BCUT2D eigenvalue weighted by Crippen LogP contribution is 2.41. The van der Waals surface area contributed by atoms with Crippen molar-refractivity contribution in [1.82, 2.24) is 20.3 Å². The number of alkyl halides is 6. The molecule has 11 heteroatoms. The number of anilines is 1. The summed E-state index contributed by atoms with van der Waals surface area (Å²) in [7, 11) is 0. The van der Waals surface area contributed by atoms with Gasteiger partial charge in [0.15, 0.2) is 11.6 Å². The Morgan fingerprint density at radius 3 is 1.97 bits per heavy atom. The van der Waals surface area contributed by atoms with Crippen LogP contribution in [0.5, 0.6) is 0 Å². The van der Waals surface area contributed by atoms with Gasteiger partial charge in [0, 0.05) is 17.1 Å². The third-order valence-corrected chi connectivity index (χ3v) is 6.45. The smallest absolute Gasteiger partial charge is 0.250 e. The molecule has 0 bridgehead atoms. The number of halogens is 6. The fourth-order valence-electron chi connectivity index (χ4n) is 4.38. The van der Waals surface area contributed by atoms with Gasteiger partial charge in [-0.25, -0.2) is 4.98 Å². The van der Waals surface area contributed by atoms with Crippen molar-refractivity contribution in [1.29, 1.82) is 0 Å². The molecule has 0 radical (unpaired) electrons. The SMILES string of the molecule is CC1(C)CC(Nc2nc(C3=CC=C(C(Cl)(Cl)Cl)CC3)nc(C(Cl)(Cl)Cl)n2)CC(C)(C)N1. The number of hydrogen-bond acceptors (Lipinski definition) is 5. The molecule has 1 fully saturated rings. The summed E-state index contributed by atoms with van der Waals surface area (Å²) in [5, 5.41) is 7.09. The van der Waals surface area contributed by atoms with E-state index in [0.29, 0.717) is 30.2 Å². The normalized spacial score (nSPS) is 22.0. The van der Waals surface area contributed by atoms with Crippen LogP contribution in [0.4, 0.5) is 5.95 Å². The van der Waals surface area contributed by atoms with Gasteiger partial charge >= 0.3 is 0 Å². The Bertz CT molecular complexity index is 882. The molecule has 1 aromatic rings. The number of allylic oxidation sites excluding steroid dienone is 4. The second-order valence-electron chi connectivity index (χ2n) is 9.33. The lowest BCUT2D eigenvalue weighted by Crippen LogP contribution is -2.60. The summed E-state index contributed by atoms with van der Waals surface area (Å²) in [5.74, 6) is 0.877. The van der Waals surface area contributed by atoms with Gasteiger partial charge < -0.3 is 10.6 Å². The molecular formula is C20H25Cl6N5. The van der Waals surface area contributed by atoms with Gasteiger partial charge in [-0.15, -0.1) is 0 Å². The van der Waals surface area contributed by atoms with Crippen molar-refractivity contribution in [3.05, 3.63) is 29.4 Å². The lowest BCUT2D eigenvalue weighted by atomic mass is 9.80. The van der Waals surface area contributed by atoms with Gasteiger partial charge in [-0.1, -0.05) is 81.8 Å². The molecule has 1 aliphatic heterocycles. The molecule has 2 heterocycles. The molecule has 31 heavy (non-hydrogen) atoms. The maximum atomic E-state index is 6.11. The molecule has 0 aromatic carbocycles. The zero-order valence-electron chi connectivity index (χ0n) is 17.7. The molecule has 3 rings (SSSR count). The third-order valence-electron chi connectivity index (χ3n) is 5.21. The third kappa shape index (κ3) is 6.99. The highest BCUT2D eigenvalue weighted by Gasteiger charge is 2.38. The van der Waals surface area contributed by atoms with E-state index < -0.39 is 7.59 Å². The summed E-state index contributed by atoms with van der Waals surface area (Å²) in [6, 6.07) is 0.140. The van der Waals surface area contributed by atoms with Crippen molar-refractivity contribution in [2.75, 3.05) is 5.32 Å².